The first-order valence-electron chi connectivity index (χ1n) is 11.0. The second-order valence-corrected chi connectivity index (χ2v) is 9.64. The number of fused-ring (bicyclic) bond motifs is 1. The fraction of sp³-hybridized carbons (Fsp3) is 0.391. The summed E-state index contributed by atoms with van der Waals surface area (Å²) in [4.78, 5) is 44.2. The van der Waals surface area contributed by atoms with Gasteiger partial charge in [-0.05, 0) is 48.3 Å². The number of aliphatic hydroxyl groups excluding tert-OH is 1. The van der Waals surface area contributed by atoms with E-state index in [0.717, 1.165) is 12.8 Å². The summed E-state index contributed by atoms with van der Waals surface area (Å²) >= 11 is 7.00. The molecule has 2 heterocycles. The predicted molar refractivity (Wildman–Crippen MR) is 129 cm³/mol. The summed E-state index contributed by atoms with van der Waals surface area (Å²) in [5, 5.41) is 16.0. The third-order valence-corrected chi connectivity index (χ3v) is 7.16. The minimum absolute atomic E-state index is 0.0435. The first-order valence-corrected chi connectivity index (χ1v) is 12.3. The summed E-state index contributed by atoms with van der Waals surface area (Å²) in [5.41, 5.74) is 0.844. The lowest BCUT2D eigenvalue weighted by atomic mass is 10.1. The number of H-pyrrole nitrogens is 1. The van der Waals surface area contributed by atoms with Gasteiger partial charge in [-0.25, -0.2) is 9.37 Å². The van der Waals surface area contributed by atoms with Gasteiger partial charge in [0.25, 0.3) is 11.5 Å². The highest BCUT2D eigenvalue weighted by atomic mass is 35.5. The van der Waals surface area contributed by atoms with Crippen molar-refractivity contribution in [2.45, 2.75) is 32.4 Å². The molecule has 1 saturated carbocycles. The Morgan fingerprint density at radius 1 is 1.31 bits per heavy atom. The van der Waals surface area contributed by atoms with Crippen LogP contribution < -0.4 is 16.2 Å². The highest BCUT2D eigenvalue weighted by Crippen LogP contribution is 2.31. The highest BCUT2D eigenvalue weighted by Gasteiger charge is 2.29. The Morgan fingerprint density at radius 3 is 2.91 bits per heavy atom. The van der Waals surface area contributed by atoms with Crippen LogP contribution in [0.2, 0.25) is 5.02 Å². The first kappa shape index (κ1) is 25.2. The second-order valence-electron chi connectivity index (χ2n) is 8.38. The number of rotatable bonds is 9. The first-order chi connectivity index (χ1) is 16.9. The van der Waals surface area contributed by atoms with E-state index in [2.05, 4.69) is 20.6 Å². The number of carbonyl (C=O) groups excluding carboxylic acids is 2. The van der Waals surface area contributed by atoms with Crippen LogP contribution in [0.4, 0.5) is 4.39 Å². The van der Waals surface area contributed by atoms with E-state index in [1.165, 1.54) is 29.5 Å². The number of nitrogens with zero attached hydrogens (tertiary/aromatic N) is 1. The Kier molecular flexibility index (Phi) is 8.11. The number of halogens is 2. The summed E-state index contributed by atoms with van der Waals surface area (Å²) in [6, 6.07) is 4.13. The molecule has 1 aliphatic rings. The molecule has 0 aliphatic heterocycles. The fourth-order valence-electron chi connectivity index (χ4n) is 4.16. The maximum atomic E-state index is 13.3. The Hall–Kier alpha value is -2.86. The number of nitrogens with one attached hydrogen (secondary N) is 3. The Balaban J connectivity index is 1.34. The topological polar surface area (TPSA) is 133 Å². The minimum Gasteiger partial charge on any atom is -0.377 e. The number of hydrogen-bond acceptors (Lipinski definition) is 7. The number of aromatic amines is 1. The van der Waals surface area contributed by atoms with Gasteiger partial charge in [0.1, 0.15) is 17.4 Å². The molecule has 12 heteroatoms. The van der Waals surface area contributed by atoms with Gasteiger partial charge in [0.15, 0.2) is 0 Å². The third kappa shape index (κ3) is 6.04. The van der Waals surface area contributed by atoms with Crippen molar-refractivity contribution in [3.63, 3.8) is 0 Å². The van der Waals surface area contributed by atoms with E-state index in [-0.39, 0.29) is 48.5 Å². The average molecular weight is 523 g/mol. The quantitative estimate of drug-likeness (QED) is 0.319. The van der Waals surface area contributed by atoms with E-state index in [9.17, 15) is 18.8 Å². The van der Waals surface area contributed by atoms with Gasteiger partial charge in [0, 0.05) is 24.6 Å². The van der Waals surface area contributed by atoms with Crippen LogP contribution in [-0.4, -0.2) is 40.2 Å². The molecular weight excluding hydrogens is 499 g/mol. The molecule has 1 aliphatic carbocycles. The summed E-state index contributed by atoms with van der Waals surface area (Å²) in [5.74, 6) is -1.27. The molecule has 1 aromatic carbocycles. The van der Waals surface area contributed by atoms with Crippen LogP contribution in [0.3, 0.4) is 0 Å². The lowest BCUT2D eigenvalue weighted by Gasteiger charge is -2.11. The van der Waals surface area contributed by atoms with Gasteiger partial charge < -0.3 is 25.5 Å². The predicted octanol–water partition coefficient (Wildman–Crippen LogP) is 2.71. The number of ether oxygens (including phenoxy) is 1. The Bertz CT molecular complexity index is 1300. The molecular formula is C23H24ClFN4O5S. The van der Waals surface area contributed by atoms with Crippen molar-refractivity contribution in [1.29, 1.82) is 0 Å². The molecule has 3 aromatic rings. The molecule has 0 bridgehead atoms. The van der Waals surface area contributed by atoms with Crippen LogP contribution >= 0.6 is 22.9 Å². The molecule has 186 valence electrons. The molecule has 0 saturated heterocycles. The number of amides is 2. The van der Waals surface area contributed by atoms with Gasteiger partial charge in [0.2, 0.25) is 11.7 Å². The SMILES string of the molecule is O=C(NCc1ccc(F)c(Cl)c1)c1nc2scc(COCC3CCC(C(=O)NCO)C3)c2c(=O)[nH]1. The lowest BCUT2D eigenvalue weighted by Crippen LogP contribution is -2.30. The van der Waals surface area contributed by atoms with Crippen molar-refractivity contribution in [3.8, 4) is 0 Å². The number of carbonyl (C=O) groups is 2. The van der Waals surface area contributed by atoms with E-state index < -0.39 is 17.3 Å². The van der Waals surface area contributed by atoms with Gasteiger partial charge in [-0.3, -0.25) is 14.4 Å². The van der Waals surface area contributed by atoms with E-state index in [1.54, 1.807) is 5.38 Å². The zero-order valence-corrected chi connectivity index (χ0v) is 20.2. The minimum atomic E-state index is -0.573. The number of aliphatic hydroxyl groups is 1. The summed E-state index contributed by atoms with van der Waals surface area (Å²) < 4.78 is 19.1. The van der Waals surface area contributed by atoms with E-state index in [1.807, 2.05) is 0 Å². The van der Waals surface area contributed by atoms with Gasteiger partial charge in [-0.2, -0.15) is 0 Å². The normalized spacial score (nSPS) is 17.6. The van der Waals surface area contributed by atoms with E-state index in [0.29, 0.717) is 34.4 Å². The maximum Gasteiger partial charge on any atom is 0.287 e. The van der Waals surface area contributed by atoms with Gasteiger partial charge in [-0.15, -0.1) is 11.3 Å². The second kappa shape index (κ2) is 11.3. The van der Waals surface area contributed by atoms with Crippen LogP contribution in [0, 0.1) is 17.7 Å². The van der Waals surface area contributed by atoms with Crippen molar-refractivity contribution in [3.05, 3.63) is 61.7 Å². The molecule has 4 N–H and O–H groups in total. The monoisotopic (exact) mass is 522 g/mol. The molecule has 2 atom stereocenters. The smallest absolute Gasteiger partial charge is 0.287 e. The average Bonchev–Trinajstić information content (AvgIpc) is 3.47. The van der Waals surface area contributed by atoms with Crippen LogP contribution in [0.5, 0.6) is 0 Å². The number of aromatic nitrogens is 2. The molecule has 4 rings (SSSR count). The summed E-state index contributed by atoms with van der Waals surface area (Å²) in [6.45, 7) is 0.399. The Labute approximate surface area is 208 Å². The van der Waals surface area contributed by atoms with Crippen molar-refractivity contribution in [2.75, 3.05) is 13.3 Å². The van der Waals surface area contributed by atoms with Gasteiger partial charge in [0.05, 0.1) is 17.0 Å². The van der Waals surface area contributed by atoms with E-state index in [4.69, 9.17) is 21.4 Å². The van der Waals surface area contributed by atoms with Crippen LogP contribution in [0.15, 0.2) is 28.4 Å². The van der Waals surface area contributed by atoms with Crippen molar-refractivity contribution < 1.29 is 23.8 Å². The highest BCUT2D eigenvalue weighted by molar-refractivity contribution is 7.16. The summed E-state index contributed by atoms with van der Waals surface area (Å²) in [7, 11) is 0. The maximum absolute atomic E-state index is 13.3. The number of benzene rings is 1. The third-order valence-electron chi connectivity index (χ3n) is 5.95. The molecule has 1 fully saturated rings. The van der Waals surface area contributed by atoms with Crippen molar-refractivity contribution in [2.24, 2.45) is 11.8 Å². The summed E-state index contributed by atoms with van der Waals surface area (Å²) in [6.07, 6.45) is 2.31. The molecule has 2 amide bonds. The molecule has 2 unspecified atom stereocenters. The van der Waals surface area contributed by atoms with Crippen LogP contribution in [0.1, 0.15) is 41.0 Å². The zero-order valence-electron chi connectivity index (χ0n) is 18.6. The Morgan fingerprint density at radius 2 is 2.14 bits per heavy atom. The molecule has 9 nitrogen and oxygen atoms in total. The molecule has 0 radical (unpaired) electrons. The lowest BCUT2D eigenvalue weighted by molar-refractivity contribution is -0.126. The van der Waals surface area contributed by atoms with Crippen molar-refractivity contribution >= 4 is 45.0 Å². The largest absolute Gasteiger partial charge is 0.377 e. The standard InChI is InChI=1S/C23H24ClFN4O5S/c24-16-6-12(2-4-17(16)25)7-26-22(33)19-28-21(32)18-15(10-35-23(18)29-19)9-34-8-13-1-3-14(5-13)20(31)27-11-30/h2,4,6,10,13-14,30H,1,3,5,7-9,11H2,(H,26,33)(H,27,31)(H,28,29,32). The molecule has 35 heavy (non-hydrogen) atoms. The van der Waals surface area contributed by atoms with Crippen molar-refractivity contribution in [1.82, 2.24) is 20.6 Å². The van der Waals surface area contributed by atoms with Gasteiger partial charge >= 0.3 is 0 Å². The molecule has 0 spiro atoms. The molecule has 2 aromatic heterocycles. The number of hydrogen-bond donors (Lipinski definition) is 4. The van der Waals surface area contributed by atoms with E-state index >= 15 is 0 Å². The fourth-order valence-corrected chi connectivity index (χ4v) is 5.29. The zero-order chi connectivity index (χ0) is 24.9. The number of thiophene rings is 1. The van der Waals surface area contributed by atoms with Crippen LogP contribution in [-0.2, 0) is 22.7 Å². The van der Waals surface area contributed by atoms with Crippen LogP contribution in [0.25, 0.3) is 10.2 Å². The van der Waals surface area contributed by atoms with Gasteiger partial charge in [-0.1, -0.05) is 17.7 Å².